The van der Waals surface area contributed by atoms with E-state index < -0.39 is 12.2 Å². The van der Waals surface area contributed by atoms with E-state index in [2.05, 4.69) is 15.5 Å². The van der Waals surface area contributed by atoms with E-state index in [0.717, 1.165) is 31.2 Å². The summed E-state index contributed by atoms with van der Waals surface area (Å²) in [6.45, 7) is 0. The van der Waals surface area contributed by atoms with E-state index in [9.17, 15) is 9.90 Å². The third kappa shape index (κ3) is 5.88. The van der Waals surface area contributed by atoms with Gasteiger partial charge in [-0.15, -0.1) is 0 Å². The van der Waals surface area contributed by atoms with Crippen LogP contribution < -0.4 is 14.8 Å². The number of hydrogen-bond donors (Lipinski definition) is 3. The summed E-state index contributed by atoms with van der Waals surface area (Å²) in [5, 5.41) is 20.6. The minimum atomic E-state index is -0.786. The van der Waals surface area contributed by atoms with Crippen molar-refractivity contribution in [1.82, 2.24) is 15.5 Å². The molecule has 0 saturated heterocycles. The number of H-pyrrole nitrogens is 1. The first-order valence-corrected chi connectivity index (χ1v) is 11.1. The first-order valence-electron chi connectivity index (χ1n) is 11.1. The van der Waals surface area contributed by atoms with E-state index in [1.165, 1.54) is 0 Å². The lowest BCUT2D eigenvalue weighted by Gasteiger charge is -2.35. The topological polar surface area (TPSA) is 96.5 Å². The van der Waals surface area contributed by atoms with Crippen LogP contribution in [0.1, 0.15) is 37.7 Å². The first kappa shape index (κ1) is 21.9. The van der Waals surface area contributed by atoms with Crippen LogP contribution in [0.25, 0.3) is 0 Å². The molecule has 0 radical (unpaired) electrons. The van der Waals surface area contributed by atoms with Crippen LogP contribution in [0.15, 0.2) is 67.0 Å². The Balaban J connectivity index is 1.32. The van der Waals surface area contributed by atoms with Crippen LogP contribution >= 0.6 is 0 Å². The van der Waals surface area contributed by atoms with Crippen molar-refractivity contribution in [2.75, 3.05) is 0 Å². The Kier molecular flexibility index (Phi) is 7.40. The number of hydrogen-bond acceptors (Lipinski definition) is 5. The molecule has 0 aliphatic heterocycles. The van der Waals surface area contributed by atoms with E-state index in [-0.39, 0.29) is 11.9 Å². The van der Waals surface area contributed by atoms with Crippen molar-refractivity contribution in [3.05, 3.63) is 72.6 Å². The summed E-state index contributed by atoms with van der Waals surface area (Å²) in [5.74, 6) is 1.84. The average Bonchev–Trinajstić information content (AvgIpc) is 3.32. The number of carbonyl (C=O) groups excluding carboxylic acids is 1. The molecule has 3 aromatic rings. The van der Waals surface area contributed by atoms with Gasteiger partial charge in [0, 0.05) is 12.6 Å². The molecule has 0 bridgehead atoms. The fourth-order valence-corrected chi connectivity index (χ4v) is 3.98. The summed E-state index contributed by atoms with van der Waals surface area (Å²) in [4.78, 5) is 12.4. The van der Waals surface area contributed by atoms with Gasteiger partial charge in [0.25, 0.3) is 0 Å². The number of amides is 1. The lowest BCUT2D eigenvalue weighted by Crippen LogP contribution is -2.52. The predicted octanol–water partition coefficient (Wildman–Crippen LogP) is 4.00. The molecule has 1 aliphatic carbocycles. The smallest absolute Gasteiger partial charge is 0.220 e. The molecule has 1 aliphatic rings. The molecule has 1 saturated carbocycles. The molecule has 4 rings (SSSR count). The second-order valence-corrected chi connectivity index (χ2v) is 8.07. The van der Waals surface area contributed by atoms with Crippen LogP contribution in [-0.2, 0) is 11.2 Å². The van der Waals surface area contributed by atoms with Crippen molar-refractivity contribution in [2.24, 2.45) is 0 Å². The number of carbonyl (C=O) groups is 1. The predicted molar refractivity (Wildman–Crippen MR) is 121 cm³/mol. The van der Waals surface area contributed by atoms with Crippen molar-refractivity contribution in [2.45, 2.75) is 56.8 Å². The zero-order chi connectivity index (χ0) is 22.2. The van der Waals surface area contributed by atoms with Crippen molar-refractivity contribution in [1.29, 1.82) is 0 Å². The number of aliphatic hydroxyl groups is 1. The van der Waals surface area contributed by atoms with Gasteiger partial charge >= 0.3 is 0 Å². The SMILES string of the molecule is O=C(CCCc1cn[nH]c1)N[C@@H]1CCC[C@@H](Oc2ccccc2Oc2ccccc2)[C@@H]1O. The summed E-state index contributed by atoms with van der Waals surface area (Å²) in [6, 6.07) is 16.6. The first-order chi connectivity index (χ1) is 15.7. The van der Waals surface area contributed by atoms with Crippen LogP contribution in [0.4, 0.5) is 0 Å². The van der Waals surface area contributed by atoms with Gasteiger partial charge in [0.05, 0.1) is 12.2 Å². The molecule has 0 unspecified atom stereocenters. The van der Waals surface area contributed by atoms with E-state index in [1.807, 2.05) is 60.8 Å². The van der Waals surface area contributed by atoms with Crippen LogP contribution in [-0.4, -0.2) is 39.5 Å². The maximum absolute atomic E-state index is 12.4. The molecule has 2 aromatic carbocycles. The van der Waals surface area contributed by atoms with Crippen LogP contribution in [0.3, 0.4) is 0 Å². The normalized spacial score (nSPS) is 20.5. The number of rotatable bonds is 9. The van der Waals surface area contributed by atoms with E-state index in [0.29, 0.717) is 30.1 Å². The van der Waals surface area contributed by atoms with E-state index in [1.54, 1.807) is 6.20 Å². The van der Waals surface area contributed by atoms with Gasteiger partial charge < -0.3 is 19.9 Å². The highest BCUT2D eigenvalue weighted by molar-refractivity contribution is 5.76. The Labute approximate surface area is 187 Å². The van der Waals surface area contributed by atoms with Gasteiger partial charge in [0.2, 0.25) is 5.91 Å². The molecule has 32 heavy (non-hydrogen) atoms. The number of aromatic amines is 1. The number of para-hydroxylation sites is 3. The maximum atomic E-state index is 12.4. The van der Waals surface area contributed by atoms with Crippen LogP contribution in [0.5, 0.6) is 17.2 Å². The van der Waals surface area contributed by atoms with Crippen molar-refractivity contribution < 1.29 is 19.4 Å². The van der Waals surface area contributed by atoms with Gasteiger partial charge in [-0.2, -0.15) is 5.10 Å². The van der Waals surface area contributed by atoms with Gasteiger partial charge in [-0.25, -0.2) is 0 Å². The number of aromatic nitrogens is 2. The number of ether oxygens (including phenoxy) is 2. The van der Waals surface area contributed by atoms with Gasteiger partial charge in [0.1, 0.15) is 18.0 Å². The van der Waals surface area contributed by atoms with E-state index in [4.69, 9.17) is 9.47 Å². The van der Waals surface area contributed by atoms with Gasteiger partial charge in [-0.05, 0) is 61.9 Å². The monoisotopic (exact) mass is 435 g/mol. The zero-order valence-corrected chi connectivity index (χ0v) is 17.9. The lowest BCUT2D eigenvalue weighted by molar-refractivity contribution is -0.124. The number of nitrogens with one attached hydrogen (secondary N) is 2. The van der Waals surface area contributed by atoms with Gasteiger partial charge in [0.15, 0.2) is 11.5 Å². The van der Waals surface area contributed by atoms with E-state index >= 15 is 0 Å². The largest absolute Gasteiger partial charge is 0.484 e. The lowest BCUT2D eigenvalue weighted by atomic mass is 9.89. The summed E-state index contributed by atoms with van der Waals surface area (Å²) in [5.41, 5.74) is 1.08. The van der Waals surface area contributed by atoms with Crippen molar-refractivity contribution in [3.8, 4) is 17.2 Å². The minimum Gasteiger partial charge on any atom is -0.484 e. The number of benzene rings is 2. The summed E-state index contributed by atoms with van der Waals surface area (Å²) in [6.07, 6.45) is 6.65. The molecule has 1 amide bonds. The molecule has 1 aromatic heterocycles. The Morgan fingerprint density at radius 3 is 2.66 bits per heavy atom. The summed E-state index contributed by atoms with van der Waals surface area (Å²) in [7, 11) is 0. The van der Waals surface area contributed by atoms with Gasteiger partial charge in [-0.3, -0.25) is 9.89 Å². The molecule has 168 valence electrons. The molecule has 3 atom stereocenters. The van der Waals surface area contributed by atoms with Gasteiger partial charge in [-0.1, -0.05) is 30.3 Å². The highest BCUT2D eigenvalue weighted by Crippen LogP contribution is 2.34. The third-order valence-corrected chi connectivity index (χ3v) is 5.67. The minimum absolute atomic E-state index is 0.0500. The number of aryl methyl sites for hydroxylation is 1. The Hall–Kier alpha value is -3.32. The Morgan fingerprint density at radius 2 is 1.88 bits per heavy atom. The fourth-order valence-electron chi connectivity index (χ4n) is 3.98. The van der Waals surface area contributed by atoms with Crippen molar-refractivity contribution in [3.63, 3.8) is 0 Å². The second-order valence-electron chi connectivity index (χ2n) is 8.07. The second kappa shape index (κ2) is 10.8. The Morgan fingerprint density at radius 1 is 1.09 bits per heavy atom. The highest BCUT2D eigenvalue weighted by atomic mass is 16.5. The summed E-state index contributed by atoms with van der Waals surface area (Å²) >= 11 is 0. The Bertz CT molecular complexity index is 978. The fraction of sp³-hybridized carbons (Fsp3) is 0.360. The molecule has 0 spiro atoms. The third-order valence-electron chi connectivity index (χ3n) is 5.67. The highest BCUT2D eigenvalue weighted by Gasteiger charge is 2.34. The molecular weight excluding hydrogens is 406 g/mol. The molecule has 7 nitrogen and oxygen atoms in total. The average molecular weight is 436 g/mol. The zero-order valence-electron chi connectivity index (χ0n) is 17.9. The summed E-state index contributed by atoms with van der Waals surface area (Å²) < 4.78 is 12.1. The molecular formula is C25H29N3O4. The quantitative estimate of drug-likeness (QED) is 0.472. The standard InChI is InChI=1S/C25H29N3O4/c29-24(15-6-8-18-16-26-27-17-18)28-20-11-7-14-23(25(20)30)32-22-13-5-4-12-21(22)31-19-9-2-1-3-10-19/h1-5,9-10,12-13,16-17,20,23,25,30H,6-8,11,14-15H2,(H,26,27)(H,28,29)/t20-,23-,25-/m1/s1. The number of aliphatic hydroxyl groups excluding tert-OH is 1. The van der Waals surface area contributed by atoms with Crippen molar-refractivity contribution >= 4 is 5.91 Å². The van der Waals surface area contributed by atoms with Crippen LogP contribution in [0, 0.1) is 0 Å². The van der Waals surface area contributed by atoms with Crippen LogP contribution in [0.2, 0.25) is 0 Å². The molecule has 3 N–H and O–H groups in total. The maximum Gasteiger partial charge on any atom is 0.220 e. The molecule has 1 heterocycles. The molecule has 1 fully saturated rings. The molecule has 7 heteroatoms. The number of nitrogens with zero attached hydrogens (tertiary/aromatic N) is 1.